The number of nitrogens with zero attached hydrogens (tertiary/aromatic N) is 5. The minimum atomic E-state index is -1.29. The van der Waals surface area contributed by atoms with Gasteiger partial charge in [-0.05, 0) is 6.92 Å². The number of nitrogens with two attached hydrogens (primary N) is 1. The van der Waals surface area contributed by atoms with Gasteiger partial charge in [0.15, 0.2) is 5.84 Å². The monoisotopic (exact) mass is 357 g/mol. The van der Waals surface area contributed by atoms with Crippen molar-refractivity contribution in [2.75, 3.05) is 52.5 Å². The zero-order chi connectivity index (χ0) is 18.4. The first-order valence-corrected chi connectivity index (χ1v) is 8.04. The minimum Gasteiger partial charge on any atom is -0.409 e. The average molecular weight is 357 g/mol. The van der Waals surface area contributed by atoms with Crippen molar-refractivity contribution in [3.8, 4) is 0 Å². The van der Waals surface area contributed by atoms with Crippen LogP contribution in [0.3, 0.4) is 0 Å². The molecule has 11 heteroatoms. The average Bonchev–Trinajstić information content (AvgIpc) is 2.90. The summed E-state index contributed by atoms with van der Waals surface area (Å²) in [4.78, 5) is 32.1. The van der Waals surface area contributed by atoms with Gasteiger partial charge in [0.2, 0.25) is 5.91 Å². The maximum Gasteiger partial charge on any atom is 0.325 e. The Labute approximate surface area is 145 Å². The maximum absolute atomic E-state index is 13.3. The fraction of sp³-hybridized carbons (Fsp3) is 0.714. The van der Waals surface area contributed by atoms with Crippen molar-refractivity contribution in [3.63, 3.8) is 0 Å². The lowest BCUT2D eigenvalue weighted by Gasteiger charge is -2.42. The predicted molar refractivity (Wildman–Crippen MR) is 89.4 cm³/mol. The summed E-state index contributed by atoms with van der Waals surface area (Å²) in [7, 11) is 0. The van der Waals surface area contributed by atoms with E-state index < -0.39 is 5.67 Å². The second kappa shape index (κ2) is 8.21. The van der Waals surface area contributed by atoms with E-state index in [1.165, 1.54) is 22.9 Å². The van der Waals surface area contributed by atoms with Crippen LogP contribution in [0.4, 0.5) is 9.18 Å². The van der Waals surface area contributed by atoms with Crippen molar-refractivity contribution < 1.29 is 19.2 Å². The van der Waals surface area contributed by atoms with Crippen LogP contribution in [0.2, 0.25) is 0 Å². The zero-order valence-corrected chi connectivity index (χ0v) is 14.2. The van der Waals surface area contributed by atoms with Crippen LogP contribution in [0, 0.1) is 0 Å². The van der Waals surface area contributed by atoms with Crippen LogP contribution in [-0.2, 0) is 4.79 Å². The minimum absolute atomic E-state index is 0.0218. The quantitative estimate of drug-likeness (QED) is 0.171. The fourth-order valence-electron chi connectivity index (χ4n) is 2.70. The van der Waals surface area contributed by atoms with E-state index in [9.17, 15) is 14.0 Å². The largest absolute Gasteiger partial charge is 0.409 e. The van der Waals surface area contributed by atoms with Crippen molar-refractivity contribution in [2.45, 2.75) is 12.6 Å². The van der Waals surface area contributed by atoms with Crippen LogP contribution < -0.4 is 11.1 Å². The van der Waals surface area contributed by atoms with Crippen LogP contribution in [0.5, 0.6) is 0 Å². The van der Waals surface area contributed by atoms with Crippen LogP contribution in [-0.4, -0.2) is 102 Å². The van der Waals surface area contributed by atoms with Gasteiger partial charge < -0.3 is 20.7 Å². The second-order valence-corrected chi connectivity index (χ2v) is 6.23. The van der Waals surface area contributed by atoms with E-state index in [4.69, 9.17) is 10.9 Å². The third-order valence-corrected chi connectivity index (χ3v) is 3.95. The molecule has 2 rings (SSSR count). The summed E-state index contributed by atoms with van der Waals surface area (Å²) in [6.45, 7) is 3.47. The Morgan fingerprint density at radius 2 is 2.20 bits per heavy atom. The number of likely N-dealkylation sites (tertiary alicyclic amines) is 1. The predicted octanol–water partition coefficient (Wildman–Crippen LogP) is -1.34. The molecule has 2 aliphatic heterocycles. The number of carbonyl (C=O) groups excluding carboxylic acids is 2. The number of amidine groups is 1. The van der Waals surface area contributed by atoms with Gasteiger partial charge >= 0.3 is 6.03 Å². The molecule has 0 unspecified atom stereocenters. The number of hydrogen-bond donors (Lipinski definition) is 3. The molecule has 2 heterocycles. The summed E-state index contributed by atoms with van der Waals surface area (Å²) in [6, 6.07) is -0.292. The van der Waals surface area contributed by atoms with Gasteiger partial charge in [0.25, 0.3) is 0 Å². The number of amides is 3. The van der Waals surface area contributed by atoms with Gasteiger partial charge in [-0.15, -0.1) is 0 Å². The summed E-state index contributed by atoms with van der Waals surface area (Å²) < 4.78 is 13.3. The van der Waals surface area contributed by atoms with Crippen molar-refractivity contribution in [1.29, 1.82) is 0 Å². The molecule has 0 aromatic heterocycles. The summed E-state index contributed by atoms with van der Waals surface area (Å²) >= 11 is 0. The van der Waals surface area contributed by atoms with Crippen molar-refractivity contribution >= 4 is 24.0 Å². The second-order valence-electron chi connectivity index (χ2n) is 6.23. The fourth-order valence-corrected chi connectivity index (χ4v) is 2.70. The molecule has 0 aromatic carbocycles. The highest BCUT2D eigenvalue weighted by Crippen LogP contribution is 2.23. The number of halogens is 1. The third-order valence-electron chi connectivity index (χ3n) is 3.95. The molecule has 25 heavy (non-hydrogen) atoms. The lowest BCUT2D eigenvalue weighted by molar-refractivity contribution is -0.142. The highest BCUT2D eigenvalue weighted by Gasteiger charge is 2.41. The number of rotatable bonds is 7. The molecule has 2 saturated heterocycles. The molecular formula is C14H24FN7O3. The highest BCUT2D eigenvalue weighted by molar-refractivity contribution is 6.32. The first-order valence-electron chi connectivity index (χ1n) is 8.04. The maximum atomic E-state index is 13.3. The highest BCUT2D eigenvalue weighted by atomic mass is 19.1. The molecular weight excluding hydrogens is 333 g/mol. The van der Waals surface area contributed by atoms with Crippen molar-refractivity contribution in [2.24, 2.45) is 15.9 Å². The smallest absolute Gasteiger partial charge is 0.325 e. The lowest BCUT2D eigenvalue weighted by Crippen LogP contribution is -2.60. The number of oxime groups is 1. The van der Waals surface area contributed by atoms with Crippen LogP contribution in [0.25, 0.3) is 0 Å². The van der Waals surface area contributed by atoms with E-state index in [0.29, 0.717) is 26.2 Å². The molecule has 0 radical (unpaired) electrons. The Hall–Kier alpha value is -2.27. The standard InChI is InChI=1S/C14H24FN7O3/c1-14(15)8-21(9-14)12(23)7-18-10-17-6-11(19-25)22-5-4-20(3-2-16)13(22)24/h6,18,25H,2-5,7-10,16H2,1H3. The molecule has 0 spiro atoms. The van der Waals surface area contributed by atoms with Gasteiger partial charge in [-0.1, -0.05) is 5.16 Å². The van der Waals surface area contributed by atoms with Crippen LogP contribution in [0.1, 0.15) is 6.92 Å². The van der Waals surface area contributed by atoms with Crippen LogP contribution in [0.15, 0.2) is 10.1 Å². The van der Waals surface area contributed by atoms with E-state index in [2.05, 4.69) is 15.5 Å². The first-order chi connectivity index (χ1) is 11.9. The summed E-state index contributed by atoms with van der Waals surface area (Å²) in [5.74, 6) is -0.179. The van der Waals surface area contributed by atoms with Gasteiger partial charge in [0.1, 0.15) is 5.67 Å². The third kappa shape index (κ3) is 4.86. The Morgan fingerprint density at radius 3 is 2.80 bits per heavy atom. The number of urea groups is 1. The first kappa shape index (κ1) is 19.1. The summed E-state index contributed by atoms with van der Waals surface area (Å²) in [5, 5.41) is 14.9. The summed E-state index contributed by atoms with van der Waals surface area (Å²) in [5.41, 5.74) is 4.14. The Balaban J connectivity index is 1.71. The van der Waals surface area contributed by atoms with Gasteiger partial charge in [0, 0.05) is 26.2 Å². The topological polar surface area (TPSA) is 127 Å². The van der Waals surface area contributed by atoms with E-state index in [-0.39, 0.29) is 44.1 Å². The van der Waals surface area contributed by atoms with Gasteiger partial charge in [-0.2, -0.15) is 0 Å². The van der Waals surface area contributed by atoms with E-state index in [1.54, 1.807) is 4.90 Å². The number of aliphatic imine (C=N–C) groups is 1. The molecule has 10 nitrogen and oxygen atoms in total. The van der Waals surface area contributed by atoms with E-state index >= 15 is 0 Å². The van der Waals surface area contributed by atoms with E-state index in [1.807, 2.05) is 0 Å². The van der Waals surface area contributed by atoms with Gasteiger partial charge in [-0.25, -0.2) is 9.18 Å². The molecule has 140 valence electrons. The molecule has 2 aliphatic rings. The van der Waals surface area contributed by atoms with Crippen molar-refractivity contribution in [1.82, 2.24) is 20.0 Å². The Bertz CT molecular complexity index is 559. The van der Waals surface area contributed by atoms with Crippen LogP contribution >= 0.6 is 0 Å². The molecule has 0 bridgehead atoms. The molecule has 0 aromatic rings. The Kier molecular flexibility index (Phi) is 6.26. The molecule has 0 saturated carbocycles. The van der Waals surface area contributed by atoms with Gasteiger partial charge in [-0.3, -0.25) is 20.0 Å². The molecule has 4 N–H and O–H groups in total. The molecule has 0 atom stereocenters. The number of alkyl halides is 1. The number of nitrogens with one attached hydrogen (secondary N) is 1. The summed E-state index contributed by atoms with van der Waals surface area (Å²) in [6.07, 6.45) is 1.25. The lowest BCUT2D eigenvalue weighted by atomic mass is 9.99. The molecule has 2 fully saturated rings. The van der Waals surface area contributed by atoms with E-state index in [0.717, 1.165) is 0 Å². The van der Waals surface area contributed by atoms with Gasteiger partial charge in [0.05, 0.1) is 32.5 Å². The molecule has 0 aliphatic carbocycles. The Morgan fingerprint density at radius 1 is 1.48 bits per heavy atom. The van der Waals surface area contributed by atoms with Crippen molar-refractivity contribution in [3.05, 3.63) is 0 Å². The molecule has 3 amide bonds. The number of carbonyl (C=O) groups is 2. The number of hydrogen-bond acceptors (Lipinski definition) is 7. The normalized spacial score (nSPS) is 20.5. The SMILES string of the molecule is CC1(F)CN(C(=O)CNCN=CC(=NO)N2CCN(CCN)C2=O)C1. The zero-order valence-electron chi connectivity index (χ0n) is 14.2.